The van der Waals surface area contributed by atoms with Crippen molar-refractivity contribution in [1.82, 2.24) is 20.2 Å². The highest BCUT2D eigenvalue weighted by Gasteiger charge is 2.55. The molecular formula is C23H24N6O6S2. The van der Waals surface area contributed by atoms with Crippen LogP contribution < -0.4 is 11.1 Å². The zero-order valence-corrected chi connectivity index (χ0v) is 21.2. The molecule has 194 valence electrons. The SMILES string of the molecule is Nc1ncc(/C(=N/OC2CCCC2)C(=O)N[C@@H]2C(=O)N3C(C(=O)O)=C(CSc4ccncc4)OC[C@H]23)s1. The van der Waals surface area contributed by atoms with Gasteiger partial charge in [0.05, 0.1) is 10.6 Å². The van der Waals surface area contributed by atoms with Gasteiger partial charge in [0, 0.05) is 23.5 Å². The number of nitrogens with two attached hydrogens (primary N) is 1. The molecule has 1 aliphatic carbocycles. The second-order valence-electron chi connectivity index (χ2n) is 8.60. The van der Waals surface area contributed by atoms with Crippen molar-refractivity contribution in [1.29, 1.82) is 0 Å². The van der Waals surface area contributed by atoms with Crippen molar-refractivity contribution < 1.29 is 29.1 Å². The van der Waals surface area contributed by atoms with Crippen molar-refractivity contribution in [3.8, 4) is 0 Å². The number of thiazole rings is 1. The summed E-state index contributed by atoms with van der Waals surface area (Å²) in [5.74, 6) is -2.04. The van der Waals surface area contributed by atoms with Crippen LogP contribution in [0.15, 0.2) is 52.2 Å². The minimum absolute atomic E-state index is 0.0347. The van der Waals surface area contributed by atoms with Crippen LogP contribution in [0.1, 0.15) is 30.6 Å². The fourth-order valence-electron chi connectivity index (χ4n) is 4.38. The third kappa shape index (κ3) is 5.25. The molecule has 0 aromatic carbocycles. The number of oxime groups is 1. The molecule has 14 heteroatoms. The Morgan fingerprint density at radius 3 is 2.76 bits per heavy atom. The normalized spacial score (nSPS) is 21.8. The second-order valence-corrected chi connectivity index (χ2v) is 10.7. The molecule has 12 nitrogen and oxygen atoms in total. The quantitative estimate of drug-likeness (QED) is 0.182. The van der Waals surface area contributed by atoms with Crippen LogP contribution in [0.3, 0.4) is 0 Å². The van der Waals surface area contributed by atoms with Gasteiger partial charge in [0.1, 0.15) is 30.6 Å². The number of nitrogens with one attached hydrogen (secondary N) is 1. The number of aliphatic carboxylic acids is 1. The van der Waals surface area contributed by atoms with Crippen LogP contribution in [0.25, 0.3) is 0 Å². The molecule has 1 saturated heterocycles. The number of nitrogens with zero attached hydrogens (tertiary/aromatic N) is 4. The van der Waals surface area contributed by atoms with E-state index in [1.54, 1.807) is 24.5 Å². The van der Waals surface area contributed by atoms with E-state index < -0.39 is 29.9 Å². The zero-order chi connectivity index (χ0) is 25.9. The summed E-state index contributed by atoms with van der Waals surface area (Å²) < 4.78 is 5.77. The molecule has 5 rings (SSSR count). The van der Waals surface area contributed by atoms with Gasteiger partial charge in [-0.05, 0) is 37.8 Å². The highest BCUT2D eigenvalue weighted by molar-refractivity contribution is 7.99. The first kappa shape index (κ1) is 25.0. The Kier molecular flexibility index (Phi) is 7.28. The lowest BCUT2D eigenvalue weighted by molar-refractivity contribution is -0.160. The van der Waals surface area contributed by atoms with Gasteiger partial charge in [-0.3, -0.25) is 19.5 Å². The molecule has 1 saturated carbocycles. The van der Waals surface area contributed by atoms with Gasteiger partial charge in [-0.1, -0.05) is 16.5 Å². The molecule has 2 amide bonds. The number of β-lactam (4-membered cyclic amide) rings is 1. The predicted octanol–water partition coefficient (Wildman–Crippen LogP) is 1.60. The average molecular weight is 545 g/mol. The molecule has 3 aliphatic rings. The molecule has 0 unspecified atom stereocenters. The molecule has 0 spiro atoms. The van der Waals surface area contributed by atoms with E-state index in [0.29, 0.717) is 4.88 Å². The molecule has 2 aliphatic heterocycles. The van der Waals surface area contributed by atoms with Crippen LogP contribution >= 0.6 is 23.1 Å². The Morgan fingerprint density at radius 2 is 2.08 bits per heavy atom. The first-order valence-electron chi connectivity index (χ1n) is 11.6. The van der Waals surface area contributed by atoms with Crippen molar-refractivity contribution >= 4 is 51.7 Å². The number of amides is 2. The zero-order valence-electron chi connectivity index (χ0n) is 19.5. The van der Waals surface area contributed by atoms with Gasteiger partial charge >= 0.3 is 5.97 Å². The summed E-state index contributed by atoms with van der Waals surface area (Å²) >= 11 is 2.44. The number of rotatable bonds is 9. The largest absolute Gasteiger partial charge is 0.492 e. The van der Waals surface area contributed by atoms with E-state index in [1.807, 2.05) is 0 Å². The van der Waals surface area contributed by atoms with E-state index in [4.69, 9.17) is 15.3 Å². The Labute approximate surface area is 219 Å². The van der Waals surface area contributed by atoms with Gasteiger partial charge in [0.15, 0.2) is 16.5 Å². The number of carboxylic acid groups (broad SMARTS) is 1. The van der Waals surface area contributed by atoms with Gasteiger partial charge in [0.2, 0.25) is 0 Å². The van der Waals surface area contributed by atoms with Crippen LogP contribution in [0.5, 0.6) is 0 Å². The number of pyridine rings is 1. The molecular weight excluding hydrogens is 520 g/mol. The number of aromatic nitrogens is 2. The third-order valence-electron chi connectivity index (χ3n) is 6.23. The Balaban J connectivity index is 1.30. The minimum atomic E-state index is -1.28. The van der Waals surface area contributed by atoms with Gasteiger partial charge in [-0.25, -0.2) is 9.78 Å². The smallest absolute Gasteiger partial charge is 0.356 e. The van der Waals surface area contributed by atoms with E-state index in [9.17, 15) is 19.5 Å². The van der Waals surface area contributed by atoms with Crippen LogP contribution in [-0.2, 0) is 24.0 Å². The minimum Gasteiger partial charge on any atom is -0.492 e. The maximum absolute atomic E-state index is 13.2. The summed E-state index contributed by atoms with van der Waals surface area (Å²) in [5, 5.41) is 16.9. The van der Waals surface area contributed by atoms with E-state index in [0.717, 1.165) is 41.9 Å². The van der Waals surface area contributed by atoms with Crippen LogP contribution in [0.4, 0.5) is 5.13 Å². The number of hydrogen-bond acceptors (Lipinski definition) is 11. The molecule has 2 atom stereocenters. The molecule has 0 radical (unpaired) electrons. The molecule has 4 heterocycles. The number of anilines is 1. The Bertz CT molecular complexity index is 1260. The Hall–Kier alpha value is -3.65. The molecule has 0 bridgehead atoms. The molecule has 2 fully saturated rings. The summed E-state index contributed by atoms with van der Waals surface area (Å²) in [7, 11) is 0. The standard InChI is InChI=1S/C23H24N6O6S2/c24-23-26-9-16(37-23)18(28-35-12-3-1-2-4-12)20(30)27-17-14-10-34-15(11-36-13-5-7-25-8-6-13)19(22(32)33)29(14)21(17)31/h5-9,12,14,17H,1-4,10-11H2,(H2,24,26)(H,27,30)(H,32,33)/b28-18-/t14-,17+/m1/s1. The van der Waals surface area contributed by atoms with Gasteiger partial charge < -0.3 is 25.7 Å². The summed E-state index contributed by atoms with van der Waals surface area (Å²) in [4.78, 5) is 54.3. The predicted molar refractivity (Wildman–Crippen MR) is 135 cm³/mol. The number of ether oxygens (including phenoxy) is 1. The molecule has 2 aromatic rings. The van der Waals surface area contributed by atoms with E-state index in [-0.39, 0.29) is 40.8 Å². The topological polar surface area (TPSA) is 169 Å². The second kappa shape index (κ2) is 10.8. The highest BCUT2D eigenvalue weighted by Crippen LogP contribution is 2.35. The van der Waals surface area contributed by atoms with Crippen molar-refractivity contribution in [3.05, 3.63) is 47.1 Å². The summed E-state index contributed by atoms with van der Waals surface area (Å²) in [6.07, 6.45) is 8.39. The molecule has 37 heavy (non-hydrogen) atoms. The van der Waals surface area contributed by atoms with E-state index in [2.05, 4.69) is 20.4 Å². The van der Waals surface area contributed by atoms with Gasteiger partial charge in [-0.2, -0.15) is 0 Å². The van der Waals surface area contributed by atoms with Crippen molar-refractivity contribution in [3.63, 3.8) is 0 Å². The number of carboxylic acids is 1. The Morgan fingerprint density at radius 1 is 1.32 bits per heavy atom. The van der Waals surface area contributed by atoms with Crippen molar-refractivity contribution in [2.45, 2.75) is 48.8 Å². The van der Waals surface area contributed by atoms with Crippen molar-refractivity contribution in [2.24, 2.45) is 5.16 Å². The third-order valence-corrected chi connectivity index (χ3v) is 8.07. The summed E-state index contributed by atoms with van der Waals surface area (Å²) in [6, 6.07) is 1.95. The first-order chi connectivity index (χ1) is 17.9. The van der Waals surface area contributed by atoms with E-state index in [1.165, 1.54) is 22.9 Å². The lowest BCUT2D eigenvalue weighted by Crippen LogP contribution is -2.73. The lowest BCUT2D eigenvalue weighted by Gasteiger charge is -2.49. The molecule has 4 N–H and O–H groups in total. The van der Waals surface area contributed by atoms with E-state index >= 15 is 0 Å². The number of fused-ring (bicyclic) bond motifs is 1. The maximum Gasteiger partial charge on any atom is 0.356 e. The average Bonchev–Trinajstić information content (AvgIpc) is 3.58. The summed E-state index contributed by atoms with van der Waals surface area (Å²) in [6.45, 7) is 0.0399. The number of hydrogen-bond donors (Lipinski definition) is 3. The first-order valence-corrected chi connectivity index (χ1v) is 13.4. The number of nitrogen functional groups attached to an aromatic ring is 1. The summed E-state index contributed by atoms with van der Waals surface area (Å²) in [5.41, 5.74) is 5.48. The van der Waals surface area contributed by atoms with Gasteiger partial charge in [-0.15, -0.1) is 11.8 Å². The highest BCUT2D eigenvalue weighted by atomic mass is 32.2. The fourth-order valence-corrected chi connectivity index (χ4v) is 5.87. The monoisotopic (exact) mass is 544 g/mol. The van der Waals surface area contributed by atoms with Crippen LogP contribution in [0.2, 0.25) is 0 Å². The number of thioether (sulfide) groups is 1. The lowest BCUT2D eigenvalue weighted by atomic mass is 9.92. The number of carbonyl (C=O) groups excluding carboxylic acids is 2. The van der Waals surface area contributed by atoms with Crippen LogP contribution in [-0.4, -0.2) is 74.0 Å². The van der Waals surface area contributed by atoms with Crippen LogP contribution in [0, 0.1) is 0 Å². The fraction of sp³-hybridized carbons (Fsp3) is 0.391. The molecule has 2 aromatic heterocycles. The van der Waals surface area contributed by atoms with Crippen molar-refractivity contribution in [2.75, 3.05) is 18.1 Å². The van der Waals surface area contributed by atoms with Gasteiger partial charge in [0.25, 0.3) is 11.8 Å². The number of carbonyl (C=O) groups is 3. The maximum atomic E-state index is 13.2.